The topological polar surface area (TPSA) is 87.6 Å². The maximum atomic E-state index is 14.9. The van der Waals surface area contributed by atoms with Crippen molar-refractivity contribution in [3.8, 4) is 5.75 Å². The monoisotopic (exact) mass is 589 g/mol. The van der Waals surface area contributed by atoms with Gasteiger partial charge in [0.05, 0.1) is 12.5 Å². The summed E-state index contributed by atoms with van der Waals surface area (Å²) in [5, 5.41) is 0. The smallest absolute Gasteiger partial charge is 0.400 e. The molecule has 7 heteroatoms. The lowest BCUT2D eigenvalue weighted by Gasteiger charge is -2.33. The van der Waals surface area contributed by atoms with E-state index in [0.29, 0.717) is 48.5 Å². The van der Waals surface area contributed by atoms with Gasteiger partial charge in [0.25, 0.3) is 0 Å². The molecule has 0 amide bonds. The number of alkyl halides is 2. The lowest BCUT2D eigenvalue weighted by Crippen LogP contribution is -2.37. The van der Waals surface area contributed by atoms with E-state index in [-0.39, 0.29) is 12.4 Å². The highest BCUT2D eigenvalue weighted by Gasteiger charge is 2.44. The average Bonchev–Trinajstić information content (AvgIpc) is 2.98. The Morgan fingerprint density at radius 3 is 2.07 bits per heavy atom. The van der Waals surface area contributed by atoms with Crippen LogP contribution in [0.4, 0.5) is 20.2 Å². The molecule has 2 atom stereocenters. The molecule has 2 unspecified atom stereocenters. The fourth-order valence-electron chi connectivity index (χ4n) is 5.89. The van der Waals surface area contributed by atoms with Crippen molar-refractivity contribution in [2.24, 2.45) is 17.3 Å². The molecule has 5 nitrogen and oxygen atoms in total. The highest BCUT2D eigenvalue weighted by atomic mass is 19.3. The Kier molecular flexibility index (Phi) is 10.8. The molecule has 43 heavy (non-hydrogen) atoms. The van der Waals surface area contributed by atoms with E-state index in [1.54, 1.807) is 18.2 Å². The van der Waals surface area contributed by atoms with Gasteiger partial charge in [0, 0.05) is 22.9 Å². The van der Waals surface area contributed by atoms with Crippen molar-refractivity contribution in [3.05, 3.63) is 102 Å². The Bertz CT molecular complexity index is 1290. The molecule has 1 saturated carbocycles. The number of hydrogen-bond acceptors (Lipinski definition) is 5. The molecular weight excluding hydrogens is 546 g/mol. The van der Waals surface area contributed by atoms with Crippen molar-refractivity contribution >= 4 is 23.4 Å². The Hall–Kier alpha value is -3.87. The van der Waals surface area contributed by atoms with Gasteiger partial charge in [-0.05, 0) is 97.7 Å². The molecule has 0 spiro atoms. The summed E-state index contributed by atoms with van der Waals surface area (Å²) in [6, 6.07) is 21.4. The minimum Gasteiger partial charge on any atom is -0.462 e. The van der Waals surface area contributed by atoms with Gasteiger partial charge in [0.2, 0.25) is 0 Å². The summed E-state index contributed by atoms with van der Waals surface area (Å²) in [5.74, 6) is -0.843. The number of esters is 1. The van der Waals surface area contributed by atoms with Gasteiger partial charge < -0.3 is 20.9 Å². The third-order valence-electron chi connectivity index (χ3n) is 8.14. The minimum atomic E-state index is -3.22. The molecule has 4 N–H and O–H groups in total. The van der Waals surface area contributed by atoms with E-state index in [1.807, 2.05) is 48.5 Å². The number of halogens is 2. The summed E-state index contributed by atoms with van der Waals surface area (Å²) >= 11 is 0. The van der Waals surface area contributed by atoms with Gasteiger partial charge in [-0.1, -0.05) is 69.0 Å². The van der Waals surface area contributed by atoms with E-state index in [1.165, 1.54) is 18.2 Å². The van der Waals surface area contributed by atoms with Crippen LogP contribution in [0, 0.1) is 24.2 Å². The van der Waals surface area contributed by atoms with Crippen LogP contribution in [0.5, 0.6) is 5.75 Å². The minimum absolute atomic E-state index is 0.0903. The van der Waals surface area contributed by atoms with Gasteiger partial charge in [-0.25, -0.2) is 4.79 Å². The third-order valence-corrected chi connectivity index (χ3v) is 8.14. The van der Waals surface area contributed by atoms with Gasteiger partial charge in [-0.3, -0.25) is 0 Å². The average molecular weight is 590 g/mol. The second-order valence-corrected chi connectivity index (χ2v) is 12.0. The zero-order valence-electron chi connectivity index (χ0n) is 24.9. The van der Waals surface area contributed by atoms with Gasteiger partial charge in [0.15, 0.2) is 0 Å². The van der Waals surface area contributed by atoms with Crippen molar-refractivity contribution in [2.45, 2.75) is 64.4 Å². The van der Waals surface area contributed by atoms with Crippen LogP contribution in [0.25, 0.3) is 6.08 Å². The molecule has 229 valence electrons. The van der Waals surface area contributed by atoms with Crippen molar-refractivity contribution in [3.63, 3.8) is 0 Å². The Morgan fingerprint density at radius 1 is 0.930 bits per heavy atom. The van der Waals surface area contributed by atoms with Crippen LogP contribution >= 0.6 is 0 Å². The quantitative estimate of drug-likeness (QED) is 0.119. The predicted molar refractivity (Wildman–Crippen MR) is 169 cm³/mol. The first-order valence-corrected chi connectivity index (χ1v) is 15.1. The van der Waals surface area contributed by atoms with Gasteiger partial charge in [0.1, 0.15) is 5.75 Å². The normalized spacial score (nSPS) is 17.6. The molecule has 4 rings (SSSR count). The standard InChI is InChI=1S/C36H43F2N2O3/c1-3-5-27-6-4-7-30(22-27)36(37,38)43-33-19-12-26(13-20-33)14-21-34(41)42-25-35(2,23-28-8-15-31(39)16-9-28)24-29-10-17-32(40)18-11-29/h8-21,27,30H,2-7,22-25,39-40H2,1H3/b21-14+. The van der Waals surface area contributed by atoms with Crippen molar-refractivity contribution in [2.75, 3.05) is 18.1 Å². The maximum absolute atomic E-state index is 14.9. The van der Waals surface area contributed by atoms with Crippen molar-refractivity contribution in [1.29, 1.82) is 0 Å². The number of carbonyl (C=O) groups is 1. The Balaban J connectivity index is 1.34. The zero-order chi connectivity index (χ0) is 30.9. The lowest BCUT2D eigenvalue weighted by molar-refractivity contribution is -0.225. The number of anilines is 2. The van der Waals surface area contributed by atoms with Crippen LogP contribution < -0.4 is 16.2 Å². The fourth-order valence-corrected chi connectivity index (χ4v) is 5.89. The fraction of sp³-hybridized carbons (Fsp3) is 0.389. The number of ether oxygens (including phenoxy) is 2. The van der Waals surface area contributed by atoms with Crippen molar-refractivity contribution in [1.82, 2.24) is 0 Å². The summed E-state index contributed by atoms with van der Waals surface area (Å²) < 4.78 is 40.7. The van der Waals surface area contributed by atoms with Gasteiger partial charge >= 0.3 is 12.1 Å². The molecule has 0 aromatic heterocycles. The maximum Gasteiger partial charge on any atom is 0.400 e. The second-order valence-electron chi connectivity index (χ2n) is 12.0. The summed E-state index contributed by atoms with van der Waals surface area (Å²) in [6.45, 7) is 6.62. The molecule has 0 bridgehead atoms. The van der Waals surface area contributed by atoms with E-state index in [0.717, 1.165) is 36.8 Å². The van der Waals surface area contributed by atoms with Crippen LogP contribution in [0.15, 0.2) is 78.9 Å². The molecular formula is C36H43F2N2O3. The van der Waals surface area contributed by atoms with Crippen LogP contribution in [0.2, 0.25) is 0 Å². The van der Waals surface area contributed by atoms with E-state index >= 15 is 0 Å². The number of nitrogen functional groups attached to an aromatic ring is 2. The predicted octanol–water partition coefficient (Wildman–Crippen LogP) is 8.29. The molecule has 3 aromatic rings. The number of carbonyl (C=O) groups excluding carboxylic acids is 1. The summed E-state index contributed by atoms with van der Waals surface area (Å²) in [7, 11) is 0. The highest BCUT2D eigenvalue weighted by molar-refractivity contribution is 5.87. The Labute approximate surface area is 254 Å². The molecule has 1 radical (unpaired) electrons. The molecule has 3 aromatic carbocycles. The SMILES string of the molecule is [CH2]C(COC(=O)/C=C/c1ccc(OC(F)(F)C2CCCC(CCC)C2)cc1)(Cc1ccc(N)cc1)Cc1ccc(N)cc1. The van der Waals surface area contributed by atoms with E-state index in [2.05, 4.69) is 13.8 Å². The van der Waals surface area contributed by atoms with E-state index < -0.39 is 23.4 Å². The molecule has 1 aliphatic rings. The summed E-state index contributed by atoms with van der Waals surface area (Å²) in [4.78, 5) is 12.7. The second kappa shape index (κ2) is 14.5. The lowest BCUT2D eigenvalue weighted by atomic mass is 9.79. The largest absolute Gasteiger partial charge is 0.462 e. The van der Waals surface area contributed by atoms with E-state index in [9.17, 15) is 13.6 Å². The molecule has 0 saturated heterocycles. The first kappa shape index (κ1) is 32.1. The first-order chi connectivity index (χ1) is 20.5. The first-order valence-electron chi connectivity index (χ1n) is 15.1. The molecule has 1 fully saturated rings. The summed E-state index contributed by atoms with van der Waals surface area (Å²) in [6.07, 6.45) is 5.64. The Morgan fingerprint density at radius 2 is 1.51 bits per heavy atom. The number of hydrogen-bond donors (Lipinski definition) is 2. The molecule has 1 aliphatic carbocycles. The van der Waals surface area contributed by atoms with Crippen LogP contribution in [0.3, 0.4) is 0 Å². The van der Waals surface area contributed by atoms with Gasteiger partial charge in [-0.2, -0.15) is 8.78 Å². The van der Waals surface area contributed by atoms with Crippen LogP contribution in [0.1, 0.15) is 62.1 Å². The highest BCUT2D eigenvalue weighted by Crippen LogP contribution is 2.41. The van der Waals surface area contributed by atoms with Crippen molar-refractivity contribution < 1.29 is 23.0 Å². The number of rotatable bonds is 13. The molecule has 0 heterocycles. The van der Waals surface area contributed by atoms with E-state index in [4.69, 9.17) is 20.9 Å². The zero-order valence-corrected chi connectivity index (χ0v) is 24.9. The number of nitrogens with two attached hydrogens (primary N) is 2. The van der Waals surface area contributed by atoms with Crippen LogP contribution in [-0.2, 0) is 22.4 Å². The summed E-state index contributed by atoms with van der Waals surface area (Å²) in [5.41, 5.74) is 15.1. The molecule has 0 aliphatic heterocycles. The third kappa shape index (κ3) is 9.84. The van der Waals surface area contributed by atoms with Crippen LogP contribution in [-0.4, -0.2) is 18.7 Å². The number of benzene rings is 3. The van der Waals surface area contributed by atoms with Gasteiger partial charge in [-0.15, -0.1) is 0 Å².